The number of benzene rings is 3. The molecule has 0 saturated carbocycles. The van der Waals surface area contributed by atoms with E-state index >= 15 is 0 Å². The van der Waals surface area contributed by atoms with Crippen LogP contribution < -0.4 is 10.4 Å². The van der Waals surface area contributed by atoms with Gasteiger partial charge in [-0.2, -0.15) is 39.5 Å². The van der Waals surface area contributed by atoms with Gasteiger partial charge in [-0.1, -0.05) is 6.07 Å². The summed E-state index contributed by atoms with van der Waals surface area (Å²) in [5.74, 6) is 0. The van der Waals surface area contributed by atoms with E-state index in [0.717, 1.165) is 16.7 Å². The molecule has 0 fully saturated rings. The van der Waals surface area contributed by atoms with E-state index in [-0.39, 0.29) is 39.6 Å². The second-order valence-corrected chi connectivity index (χ2v) is 10.6. The van der Waals surface area contributed by atoms with Crippen molar-refractivity contribution in [2.75, 3.05) is 0 Å². The summed E-state index contributed by atoms with van der Waals surface area (Å²) in [4.78, 5) is 6.41. The zero-order valence-electron chi connectivity index (χ0n) is 23.3. The Morgan fingerprint density at radius 2 is 1.11 bits per heavy atom. The van der Waals surface area contributed by atoms with E-state index in [2.05, 4.69) is 9.69 Å². The Labute approximate surface area is 249 Å². The molecule has 226 valence electrons. The van der Waals surface area contributed by atoms with E-state index in [4.69, 9.17) is 13.1 Å². The number of alkyl halides is 9. The molecule has 0 amide bonds. The Balaban J connectivity index is 2.20. The fraction of sp³-hybridized carbons (Fsp3) is 0.250. The van der Waals surface area contributed by atoms with Crippen LogP contribution in [0.4, 0.5) is 39.5 Å². The van der Waals surface area contributed by atoms with Gasteiger partial charge < -0.3 is 0 Å². The van der Waals surface area contributed by atoms with Crippen molar-refractivity contribution < 1.29 is 39.5 Å². The van der Waals surface area contributed by atoms with Crippen molar-refractivity contribution in [1.82, 2.24) is 0 Å². The first-order valence-corrected chi connectivity index (χ1v) is 12.9. The average molecular weight is 626 g/mol. The summed E-state index contributed by atoms with van der Waals surface area (Å²) in [6.45, 7) is 20.6. The molecule has 2 aliphatic carbocycles. The highest BCUT2D eigenvalue weighted by Gasteiger charge is 2.53. The summed E-state index contributed by atoms with van der Waals surface area (Å²) in [5, 5.41) is 19.3. The SMILES string of the molecule is [C-]#[N+]/C(C#N)=c1\c2c(/c(=C(/C#N)[N+]#[C-])c3c1Cc1c-3cc(C(F)(F)F)c(C(F)(F)F)c1C(F)(F)F)-c1cc(C)c(C)c(C)c1C2. The number of fused-ring (bicyclic) bond motifs is 6. The van der Waals surface area contributed by atoms with Gasteiger partial charge in [0.25, 0.3) is 11.4 Å². The van der Waals surface area contributed by atoms with Crippen LogP contribution in [0.3, 0.4) is 0 Å². The highest BCUT2D eigenvalue weighted by molar-refractivity contribution is 5.94. The first-order valence-electron chi connectivity index (χ1n) is 12.9. The Bertz CT molecular complexity index is 2160. The maximum Gasteiger partial charge on any atom is 0.417 e. The number of hydrogen-bond acceptors (Lipinski definition) is 2. The second-order valence-electron chi connectivity index (χ2n) is 10.6. The fourth-order valence-electron chi connectivity index (χ4n) is 6.50. The van der Waals surface area contributed by atoms with E-state index < -0.39 is 69.7 Å². The maximum atomic E-state index is 14.5. The van der Waals surface area contributed by atoms with Crippen LogP contribution in [-0.4, -0.2) is 0 Å². The Kier molecular flexibility index (Phi) is 6.84. The molecular formula is C32H15F9N4. The molecule has 3 aromatic carbocycles. The van der Waals surface area contributed by atoms with Crippen molar-refractivity contribution in [3.8, 4) is 34.4 Å². The van der Waals surface area contributed by atoms with E-state index in [0.29, 0.717) is 11.1 Å². The largest absolute Gasteiger partial charge is 0.417 e. The quantitative estimate of drug-likeness (QED) is 0.130. The van der Waals surface area contributed by atoms with Crippen LogP contribution in [-0.2, 0) is 31.4 Å². The monoisotopic (exact) mass is 626 g/mol. The van der Waals surface area contributed by atoms with E-state index in [1.165, 1.54) is 0 Å². The molecule has 0 bridgehead atoms. The molecule has 0 atom stereocenters. The first kappa shape index (κ1) is 31.2. The van der Waals surface area contributed by atoms with Gasteiger partial charge in [-0.15, -0.1) is 0 Å². The van der Waals surface area contributed by atoms with Gasteiger partial charge in [-0.25, -0.2) is 20.2 Å². The summed E-state index contributed by atoms with van der Waals surface area (Å²) in [6, 6.07) is 4.92. The van der Waals surface area contributed by atoms with Crippen LogP contribution in [0.25, 0.3) is 43.3 Å². The predicted octanol–water partition coefficient (Wildman–Crippen LogP) is 7.91. The Morgan fingerprint density at radius 1 is 0.644 bits per heavy atom. The van der Waals surface area contributed by atoms with Crippen molar-refractivity contribution in [2.24, 2.45) is 0 Å². The minimum Gasteiger partial charge on any atom is -0.226 e. The van der Waals surface area contributed by atoms with Gasteiger partial charge in [0.2, 0.25) is 0 Å². The van der Waals surface area contributed by atoms with Crippen LogP contribution in [0, 0.1) is 56.6 Å². The minimum absolute atomic E-state index is 0.0191. The van der Waals surface area contributed by atoms with Crippen LogP contribution in [0.15, 0.2) is 12.1 Å². The summed E-state index contributed by atoms with van der Waals surface area (Å²) in [5.41, 5.74) is -8.78. The molecule has 2 aliphatic rings. The molecule has 0 aliphatic heterocycles. The summed E-state index contributed by atoms with van der Waals surface area (Å²) >= 11 is 0. The normalized spacial score (nSPS) is 14.7. The smallest absolute Gasteiger partial charge is 0.226 e. The number of nitriles is 2. The molecule has 0 spiro atoms. The predicted molar refractivity (Wildman–Crippen MR) is 143 cm³/mol. The third-order valence-electron chi connectivity index (χ3n) is 8.46. The van der Waals surface area contributed by atoms with Gasteiger partial charge in [0.05, 0.1) is 42.0 Å². The Hall–Kier alpha value is -5.27. The van der Waals surface area contributed by atoms with Gasteiger partial charge in [0.15, 0.2) is 0 Å². The first-order chi connectivity index (χ1) is 20.8. The number of halogens is 9. The number of aryl methyl sites for hydroxylation is 1. The van der Waals surface area contributed by atoms with Gasteiger partial charge in [0, 0.05) is 5.22 Å². The van der Waals surface area contributed by atoms with Crippen molar-refractivity contribution in [3.63, 3.8) is 0 Å². The lowest BCUT2D eigenvalue weighted by Gasteiger charge is -2.24. The van der Waals surface area contributed by atoms with Crippen molar-refractivity contribution >= 4 is 11.4 Å². The zero-order chi connectivity index (χ0) is 33.5. The maximum absolute atomic E-state index is 14.5. The average Bonchev–Trinajstić information content (AvgIpc) is 3.50. The van der Waals surface area contributed by atoms with Gasteiger partial charge >= 0.3 is 18.5 Å². The lowest BCUT2D eigenvalue weighted by atomic mass is 9.88. The summed E-state index contributed by atoms with van der Waals surface area (Å²) in [6.07, 6.45) is -19.0. The Morgan fingerprint density at radius 3 is 1.56 bits per heavy atom. The molecular weight excluding hydrogens is 611 g/mol. The summed E-state index contributed by atoms with van der Waals surface area (Å²) < 4.78 is 128. The molecule has 0 aromatic heterocycles. The minimum atomic E-state index is -6.08. The highest BCUT2D eigenvalue weighted by Crippen LogP contribution is 2.53. The van der Waals surface area contributed by atoms with E-state index in [9.17, 15) is 50.0 Å². The third-order valence-corrected chi connectivity index (χ3v) is 8.46. The molecule has 45 heavy (non-hydrogen) atoms. The molecule has 13 heteroatoms. The highest BCUT2D eigenvalue weighted by atomic mass is 19.4. The number of rotatable bonds is 0. The lowest BCUT2D eigenvalue weighted by Crippen LogP contribution is -2.26. The molecule has 5 rings (SSSR count). The van der Waals surface area contributed by atoms with Crippen molar-refractivity contribution in [3.05, 3.63) is 101 Å². The van der Waals surface area contributed by atoms with Crippen molar-refractivity contribution in [1.29, 1.82) is 10.5 Å². The summed E-state index contributed by atoms with van der Waals surface area (Å²) in [7, 11) is 0. The number of nitrogens with zero attached hydrogens (tertiary/aromatic N) is 4. The molecule has 4 nitrogen and oxygen atoms in total. The van der Waals surface area contributed by atoms with Gasteiger partial charge in [-0.05, 0) is 106 Å². The molecule has 0 unspecified atom stereocenters. The van der Waals surface area contributed by atoms with Gasteiger partial charge in [-0.3, -0.25) is 0 Å². The fourth-order valence-corrected chi connectivity index (χ4v) is 6.50. The standard InChI is InChI=1S/C32H15F9N4/c1-12-6-16-15(14(3)13(12)2)7-19-24(22(10-42)44-4)20-8-18-17(26(20)27(25(16)19)23(11-43)45-5)9-21(30(33,34)35)29(32(39,40)41)28(18)31(36,37)38/h6,9H,7-8H2,1-3H3/b24-22+,27-23+. The van der Waals surface area contributed by atoms with Crippen LogP contribution in [0.2, 0.25) is 0 Å². The molecule has 0 heterocycles. The second kappa shape index (κ2) is 9.87. The van der Waals surface area contributed by atoms with E-state index in [1.807, 2.05) is 6.92 Å². The zero-order valence-corrected chi connectivity index (χ0v) is 23.3. The molecule has 0 N–H and O–H groups in total. The van der Waals surface area contributed by atoms with E-state index in [1.54, 1.807) is 32.1 Å². The molecule has 0 saturated heterocycles. The van der Waals surface area contributed by atoms with Crippen LogP contribution in [0.5, 0.6) is 0 Å². The molecule has 0 radical (unpaired) electrons. The van der Waals surface area contributed by atoms with Crippen molar-refractivity contribution in [2.45, 2.75) is 52.1 Å². The van der Waals surface area contributed by atoms with Crippen LogP contribution >= 0.6 is 0 Å². The van der Waals surface area contributed by atoms with Crippen LogP contribution in [0.1, 0.15) is 55.6 Å². The lowest BCUT2D eigenvalue weighted by molar-refractivity contribution is -0.174. The third kappa shape index (κ3) is 4.42. The number of hydrogen-bond donors (Lipinski definition) is 0. The molecule has 3 aromatic rings. The topological polar surface area (TPSA) is 56.3 Å². The van der Waals surface area contributed by atoms with Gasteiger partial charge in [0.1, 0.15) is 0 Å².